The van der Waals surface area contributed by atoms with Crippen LogP contribution in [0.2, 0.25) is 0 Å². The maximum Gasteiger partial charge on any atom is 0.252 e. The molecule has 1 amide bonds. The second-order valence-electron chi connectivity index (χ2n) is 6.43. The summed E-state index contributed by atoms with van der Waals surface area (Å²) in [5.41, 5.74) is 4.84. The molecule has 0 saturated carbocycles. The molecular weight excluding hydrogens is 334 g/mol. The molecule has 1 aromatic heterocycles. The van der Waals surface area contributed by atoms with Gasteiger partial charge in [0, 0.05) is 31.3 Å². The molecule has 2 nitrogen and oxygen atoms in total. The number of amides is 1. The van der Waals surface area contributed by atoms with Crippen LogP contribution in [0.15, 0.2) is 41.4 Å². The first kappa shape index (κ1) is 13.3. The van der Waals surface area contributed by atoms with Crippen molar-refractivity contribution in [3.05, 3.63) is 62.9 Å². The molecule has 116 valence electrons. The van der Waals surface area contributed by atoms with E-state index in [4.69, 9.17) is 0 Å². The predicted octanol–water partition coefficient (Wildman–Crippen LogP) is 2.79. The van der Waals surface area contributed by atoms with Gasteiger partial charge in [-0.3, -0.25) is 4.79 Å². The lowest BCUT2D eigenvalue weighted by Crippen LogP contribution is -2.21. The maximum atomic E-state index is 12.6. The Kier molecular flexibility index (Phi) is 2.50. The second kappa shape index (κ2) is 4.52. The van der Waals surface area contributed by atoms with Crippen molar-refractivity contribution in [2.24, 2.45) is 0 Å². The summed E-state index contributed by atoms with van der Waals surface area (Å²) in [6.45, 7) is 0.660. The van der Waals surface area contributed by atoms with Crippen LogP contribution >= 0.6 is 23.1 Å². The highest BCUT2D eigenvalue weighted by molar-refractivity contribution is 8.01. The first-order valence-corrected chi connectivity index (χ1v) is 9.83. The van der Waals surface area contributed by atoms with E-state index in [0.717, 1.165) is 12.0 Å². The number of carbonyl (C=O) groups is 1. The Morgan fingerprint density at radius 2 is 2.12 bits per heavy atom. The van der Waals surface area contributed by atoms with E-state index >= 15 is 0 Å². The number of fused-ring (bicyclic) bond motifs is 9. The minimum Gasteiger partial charge on any atom is -0.348 e. The number of nitrogens with one attached hydrogen (secondary N) is 1. The molecule has 3 heterocycles. The molecule has 0 fully saturated rings. The van der Waals surface area contributed by atoms with E-state index in [0.29, 0.717) is 11.8 Å². The fourth-order valence-corrected chi connectivity index (χ4v) is 6.97. The molecule has 0 bridgehead atoms. The van der Waals surface area contributed by atoms with E-state index < -0.39 is 0 Å². The molecule has 2 aromatic rings. The molecule has 0 spiro atoms. The summed E-state index contributed by atoms with van der Waals surface area (Å²) in [6.07, 6.45) is 16.2. The number of benzene rings is 1. The van der Waals surface area contributed by atoms with Gasteiger partial charge in [0.25, 0.3) is 5.91 Å². The monoisotopic (exact) mass is 347 g/mol. The molecule has 6 rings (SSSR count). The van der Waals surface area contributed by atoms with Crippen molar-refractivity contribution in [1.82, 2.24) is 5.32 Å². The number of allylic oxidation sites excluding steroid dienone is 5. The minimum atomic E-state index is 0.0927. The Labute approximate surface area is 146 Å². The fraction of sp³-hybridized carbons (Fsp3) is 0.150. The molecule has 1 atom stereocenters. The second-order valence-corrected chi connectivity index (χ2v) is 8.63. The molecule has 1 unspecified atom stereocenters. The van der Waals surface area contributed by atoms with Gasteiger partial charge in [0.05, 0.1) is 10.8 Å². The third-order valence-corrected chi connectivity index (χ3v) is 7.85. The number of carbonyl (C=O) groups excluding carboxylic acids is 1. The molecule has 4 aliphatic rings. The summed E-state index contributed by atoms with van der Waals surface area (Å²) in [4.78, 5) is 13.9. The van der Waals surface area contributed by atoms with E-state index in [2.05, 4.69) is 47.8 Å². The summed E-state index contributed by atoms with van der Waals surface area (Å²) in [5.74, 6) is 0.0927. The van der Waals surface area contributed by atoms with E-state index in [9.17, 15) is 4.79 Å². The van der Waals surface area contributed by atoms with Crippen LogP contribution in [0.25, 0.3) is 21.7 Å². The van der Waals surface area contributed by atoms with E-state index in [-0.39, 0.29) is 5.91 Å². The fourth-order valence-electron chi connectivity index (χ4n) is 4.19. The Bertz CT molecular complexity index is 1180. The largest absolute Gasteiger partial charge is 0.348 e. The Morgan fingerprint density at radius 1 is 1.17 bits per heavy atom. The van der Waals surface area contributed by atoms with Gasteiger partial charge in [0.2, 0.25) is 0 Å². The molecule has 24 heavy (non-hydrogen) atoms. The van der Waals surface area contributed by atoms with Crippen molar-refractivity contribution in [2.45, 2.75) is 23.1 Å². The van der Waals surface area contributed by atoms with Gasteiger partial charge in [-0.1, -0.05) is 36.5 Å². The predicted molar refractivity (Wildman–Crippen MR) is 101 cm³/mol. The highest BCUT2D eigenvalue weighted by atomic mass is 32.2. The number of thiophene rings is 1. The molecule has 4 heteroatoms. The molecule has 2 aliphatic heterocycles. The van der Waals surface area contributed by atoms with Gasteiger partial charge in [-0.15, -0.1) is 23.1 Å². The van der Waals surface area contributed by atoms with E-state index in [1.165, 1.54) is 41.4 Å². The van der Waals surface area contributed by atoms with Gasteiger partial charge < -0.3 is 5.32 Å². The van der Waals surface area contributed by atoms with Gasteiger partial charge in [0.15, 0.2) is 0 Å². The first-order valence-electron chi connectivity index (χ1n) is 8.14. The normalized spacial score (nSPS) is 22.2. The average molecular weight is 347 g/mol. The van der Waals surface area contributed by atoms with Crippen LogP contribution < -0.4 is 15.1 Å². The molecule has 0 radical (unpaired) electrons. The van der Waals surface area contributed by atoms with Gasteiger partial charge in [-0.05, 0) is 29.2 Å². The van der Waals surface area contributed by atoms with Gasteiger partial charge in [-0.25, -0.2) is 0 Å². The smallest absolute Gasteiger partial charge is 0.252 e. The van der Waals surface area contributed by atoms with Crippen LogP contribution in [0.1, 0.15) is 21.5 Å². The summed E-state index contributed by atoms with van der Waals surface area (Å²) in [5, 5.41) is 5.94. The number of hydrogen-bond acceptors (Lipinski definition) is 3. The third kappa shape index (κ3) is 1.51. The Hall–Kier alpha value is -2.04. The quantitative estimate of drug-likeness (QED) is 0.794. The lowest BCUT2D eigenvalue weighted by molar-refractivity contribution is 0.0964. The van der Waals surface area contributed by atoms with Crippen LogP contribution in [-0.2, 0) is 13.0 Å². The average Bonchev–Trinajstić information content (AvgIpc) is 3.27. The number of hydrogen-bond donors (Lipinski definition) is 1. The number of rotatable bonds is 0. The van der Waals surface area contributed by atoms with Crippen LogP contribution in [-0.4, -0.2) is 11.2 Å². The first-order chi connectivity index (χ1) is 11.8. The third-order valence-electron chi connectivity index (χ3n) is 5.20. The maximum absolute atomic E-state index is 12.6. The van der Waals surface area contributed by atoms with Crippen molar-refractivity contribution in [3.8, 4) is 0 Å². The lowest BCUT2D eigenvalue weighted by atomic mass is 9.94. The minimum absolute atomic E-state index is 0.0927. The van der Waals surface area contributed by atoms with Crippen molar-refractivity contribution in [3.63, 3.8) is 0 Å². The zero-order valence-electron chi connectivity index (χ0n) is 12.8. The van der Waals surface area contributed by atoms with Gasteiger partial charge in [-0.2, -0.15) is 0 Å². The standard InChI is InChI=1S/C20H13NOS2/c22-20-17-12(9-21-20)15-10-5-1-3-7-13(10)23-18(15)19-16(17)11-6-2-4-8-14(11)24-19/h1-4,6-8,14H,5,9H2,(H,21,22). The molecule has 1 aromatic carbocycles. The summed E-state index contributed by atoms with van der Waals surface area (Å²) >= 11 is 3.79. The van der Waals surface area contributed by atoms with Crippen molar-refractivity contribution in [1.29, 1.82) is 0 Å². The molecule has 2 aliphatic carbocycles. The SMILES string of the molecule is O=C1NCc2c1c1c(c3sc4c(c23)CC=CC=4)SC2C=CC=CC=12. The summed E-state index contributed by atoms with van der Waals surface area (Å²) < 4.78 is 2.73. The van der Waals surface area contributed by atoms with Crippen molar-refractivity contribution in [2.75, 3.05) is 0 Å². The molecule has 0 saturated heterocycles. The Morgan fingerprint density at radius 3 is 3.08 bits per heavy atom. The van der Waals surface area contributed by atoms with E-state index in [1.54, 1.807) is 0 Å². The van der Waals surface area contributed by atoms with E-state index in [1.807, 2.05) is 23.1 Å². The van der Waals surface area contributed by atoms with Crippen molar-refractivity contribution >= 4 is 50.7 Å². The molecular formula is C20H13NOS2. The highest BCUT2D eigenvalue weighted by Gasteiger charge is 2.34. The van der Waals surface area contributed by atoms with Crippen LogP contribution in [0.4, 0.5) is 0 Å². The van der Waals surface area contributed by atoms with Crippen LogP contribution in [0.3, 0.4) is 0 Å². The number of thioether (sulfide) groups is 1. The lowest BCUT2D eigenvalue weighted by Gasteiger charge is -2.08. The highest BCUT2D eigenvalue weighted by Crippen LogP contribution is 2.44. The zero-order chi connectivity index (χ0) is 15.8. The summed E-state index contributed by atoms with van der Waals surface area (Å²) in [6, 6.07) is 0. The molecule has 1 N–H and O–H groups in total. The van der Waals surface area contributed by atoms with Crippen molar-refractivity contribution < 1.29 is 4.79 Å². The zero-order valence-corrected chi connectivity index (χ0v) is 14.4. The van der Waals surface area contributed by atoms with Gasteiger partial charge >= 0.3 is 0 Å². The summed E-state index contributed by atoms with van der Waals surface area (Å²) in [7, 11) is 0. The topological polar surface area (TPSA) is 29.1 Å². The Balaban J connectivity index is 1.87. The van der Waals surface area contributed by atoms with Crippen LogP contribution in [0.5, 0.6) is 0 Å². The van der Waals surface area contributed by atoms with Gasteiger partial charge in [0.1, 0.15) is 0 Å². The van der Waals surface area contributed by atoms with Crippen LogP contribution in [0, 0.1) is 0 Å².